The number of hydrogen-bond acceptors (Lipinski definition) is 2. The molecule has 15 heavy (non-hydrogen) atoms. The molecule has 0 aromatic heterocycles. The van der Waals surface area contributed by atoms with Gasteiger partial charge in [-0.05, 0) is 18.7 Å². The molecule has 0 aliphatic rings. The maximum absolute atomic E-state index is 11.5. The van der Waals surface area contributed by atoms with E-state index in [2.05, 4.69) is 5.32 Å². The molecule has 0 spiro atoms. The average Bonchev–Trinajstić information content (AvgIpc) is 2.29. The van der Waals surface area contributed by atoms with Gasteiger partial charge in [-0.2, -0.15) is 0 Å². The molecule has 0 saturated carbocycles. The first kappa shape index (κ1) is 11.7. The lowest BCUT2D eigenvalue weighted by Gasteiger charge is -1.99. The summed E-state index contributed by atoms with van der Waals surface area (Å²) in [4.78, 5) is 11.5. The highest BCUT2D eigenvalue weighted by atomic mass is 16.1. The summed E-state index contributed by atoms with van der Waals surface area (Å²) in [5.41, 5.74) is 1.87. The normalized spacial score (nSPS) is 10.8. The number of Topliss-reactive ketones (excluding diaryl/α,β-unsaturated/α-hetero) is 1. The van der Waals surface area contributed by atoms with Crippen LogP contribution in [0.4, 0.5) is 0 Å². The van der Waals surface area contributed by atoms with Crippen molar-refractivity contribution in [2.75, 3.05) is 13.6 Å². The van der Waals surface area contributed by atoms with Crippen LogP contribution in [-0.2, 0) is 0 Å². The van der Waals surface area contributed by atoms with Gasteiger partial charge in [0.25, 0.3) is 0 Å². The van der Waals surface area contributed by atoms with Crippen LogP contribution in [0.25, 0.3) is 6.08 Å². The number of rotatable bonds is 5. The Hall–Kier alpha value is -1.41. The Morgan fingerprint density at radius 1 is 1.47 bits per heavy atom. The summed E-state index contributed by atoms with van der Waals surface area (Å²) in [6, 6.07) is 7.71. The van der Waals surface area contributed by atoms with E-state index in [1.165, 1.54) is 0 Å². The van der Waals surface area contributed by atoms with Crippen LogP contribution in [0.2, 0.25) is 0 Å². The average molecular weight is 203 g/mol. The molecule has 80 valence electrons. The van der Waals surface area contributed by atoms with Gasteiger partial charge in [-0.15, -0.1) is 0 Å². The van der Waals surface area contributed by atoms with Gasteiger partial charge in [0.1, 0.15) is 0 Å². The minimum Gasteiger partial charge on any atom is -0.316 e. The molecule has 0 amide bonds. The molecule has 0 saturated heterocycles. The van der Waals surface area contributed by atoms with Gasteiger partial charge in [0, 0.05) is 18.5 Å². The summed E-state index contributed by atoms with van der Waals surface area (Å²) in [6.07, 6.45) is 4.61. The van der Waals surface area contributed by atoms with Gasteiger partial charge in [0.15, 0.2) is 5.78 Å². The molecule has 0 aliphatic heterocycles. The topological polar surface area (TPSA) is 29.1 Å². The van der Waals surface area contributed by atoms with Crippen molar-refractivity contribution in [2.45, 2.75) is 13.3 Å². The largest absolute Gasteiger partial charge is 0.316 e. The molecule has 1 N–H and O–H groups in total. The van der Waals surface area contributed by atoms with E-state index in [-0.39, 0.29) is 5.78 Å². The van der Waals surface area contributed by atoms with Gasteiger partial charge in [-0.25, -0.2) is 0 Å². The SMILES string of the molecule is CCC(=O)c1cccc(C=CCNC)c1. The van der Waals surface area contributed by atoms with Gasteiger partial charge in [-0.1, -0.05) is 37.3 Å². The van der Waals surface area contributed by atoms with Gasteiger partial charge < -0.3 is 5.32 Å². The number of carbonyl (C=O) groups is 1. The molecular formula is C13H17NO. The molecule has 0 heterocycles. The van der Waals surface area contributed by atoms with E-state index < -0.39 is 0 Å². The second-order valence-electron chi connectivity index (χ2n) is 3.36. The summed E-state index contributed by atoms with van der Waals surface area (Å²) >= 11 is 0. The van der Waals surface area contributed by atoms with Gasteiger partial charge in [0.2, 0.25) is 0 Å². The third-order valence-corrected chi connectivity index (χ3v) is 2.16. The highest BCUT2D eigenvalue weighted by molar-refractivity contribution is 5.96. The van der Waals surface area contributed by atoms with E-state index in [4.69, 9.17) is 0 Å². The zero-order valence-corrected chi connectivity index (χ0v) is 9.29. The Labute approximate surface area is 91.0 Å². The quantitative estimate of drug-likeness (QED) is 0.745. The smallest absolute Gasteiger partial charge is 0.162 e. The number of hydrogen-bond donors (Lipinski definition) is 1. The Bertz CT molecular complexity index is 355. The lowest BCUT2D eigenvalue weighted by atomic mass is 10.1. The third-order valence-electron chi connectivity index (χ3n) is 2.16. The fourth-order valence-electron chi connectivity index (χ4n) is 1.33. The second-order valence-corrected chi connectivity index (χ2v) is 3.36. The standard InChI is InChI=1S/C13H17NO/c1-3-13(15)12-8-4-6-11(10-12)7-5-9-14-2/h4-8,10,14H,3,9H2,1-2H3. The lowest BCUT2D eigenvalue weighted by molar-refractivity contribution is 0.0988. The summed E-state index contributed by atoms with van der Waals surface area (Å²) < 4.78 is 0. The monoisotopic (exact) mass is 203 g/mol. The van der Waals surface area contributed by atoms with Crippen molar-refractivity contribution in [1.82, 2.24) is 5.32 Å². The highest BCUT2D eigenvalue weighted by Crippen LogP contribution is 2.09. The van der Waals surface area contributed by atoms with E-state index in [0.29, 0.717) is 6.42 Å². The fraction of sp³-hybridized carbons (Fsp3) is 0.308. The summed E-state index contributed by atoms with van der Waals surface area (Å²) in [7, 11) is 1.90. The zero-order valence-electron chi connectivity index (χ0n) is 9.29. The molecule has 1 rings (SSSR count). The number of ketones is 1. The number of carbonyl (C=O) groups excluding carboxylic acids is 1. The molecule has 0 unspecified atom stereocenters. The number of likely N-dealkylation sites (N-methyl/N-ethyl adjacent to an activating group) is 1. The molecule has 0 fully saturated rings. The van der Waals surface area contributed by atoms with Crippen LogP contribution in [-0.4, -0.2) is 19.4 Å². The van der Waals surface area contributed by atoms with Crippen molar-refractivity contribution in [3.8, 4) is 0 Å². The van der Waals surface area contributed by atoms with E-state index >= 15 is 0 Å². The van der Waals surface area contributed by atoms with Crippen molar-refractivity contribution in [2.24, 2.45) is 0 Å². The van der Waals surface area contributed by atoms with E-state index in [1.807, 2.05) is 50.4 Å². The maximum atomic E-state index is 11.5. The first-order valence-electron chi connectivity index (χ1n) is 5.22. The molecule has 0 atom stereocenters. The molecule has 1 aromatic carbocycles. The Balaban J connectivity index is 2.78. The van der Waals surface area contributed by atoms with Crippen molar-refractivity contribution >= 4 is 11.9 Å². The summed E-state index contributed by atoms with van der Waals surface area (Å²) in [5.74, 6) is 0.193. The van der Waals surface area contributed by atoms with Crippen molar-refractivity contribution < 1.29 is 4.79 Å². The van der Waals surface area contributed by atoms with E-state index in [1.54, 1.807) is 0 Å². The Kier molecular flexibility index (Phi) is 4.78. The van der Waals surface area contributed by atoms with Gasteiger partial charge >= 0.3 is 0 Å². The fourth-order valence-corrected chi connectivity index (χ4v) is 1.33. The molecule has 0 radical (unpaired) electrons. The van der Waals surface area contributed by atoms with Crippen molar-refractivity contribution in [3.05, 3.63) is 41.5 Å². The van der Waals surface area contributed by atoms with E-state index in [9.17, 15) is 4.79 Å². The van der Waals surface area contributed by atoms with Crippen LogP contribution in [0.15, 0.2) is 30.3 Å². The summed E-state index contributed by atoms with van der Waals surface area (Å²) in [6.45, 7) is 2.72. The van der Waals surface area contributed by atoms with Crippen molar-refractivity contribution in [1.29, 1.82) is 0 Å². The van der Waals surface area contributed by atoms with Crippen LogP contribution in [0.5, 0.6) is 0 Å². The molecule has 1 aromatic rings. The van der Waals surface area contributed by atoms with Gasteiger partial charge in [-0.3, -0.25) is 4.79 Å². The first-order chi connectivity index (χ1) is 7.27. The minimum atomic E-state index is 0.193. The van der Waals surface area contributed by atoms with E-state index in [0.717, 1.165) is 17.7 Å². The number of benzene rings is 1. The lowest BCUT2D eigenvalue weighted by Crippen LogP contribution is -2.03. The number of nitrogens with one attached hydrogen (secondary N) is 1. The molecule has 2 heteroatoms. The predicted octanol–water partition coefficient (Wildman–Crippen LogP) is 2.51. The van der Waals surface area contributed by atoms with Gasteiger partial charge in [0.05, 0.1) is 0 Å². The van der Waals surface area contributed by atoms with Crippen molar-refractivity contribution in [3.63, 3.8) is 0 Å². The first-order valence-corrected chi connectivity index (χ1v) is 5.22. The molecular weight excluding hydrogens is 186 g/mol. The minimum absolute atomic E-state index is 0.193. The second kappa shape index (κ2) is 6.14. The van der Waals surface area contributed by atoms with Crippen LogP contribution >= 0.6 is 0 Å². The highest BCUT2D eigenvalue weighted by Gasteiger charge is 2.01. The van der Waals surface area contributed by atoms with Crippen LogP contribution < -0.4 is 5.32 Å². The zero-order chi connectivity index (χ0) is 11.1. The Morgan fingerprint density at radius 2 is 2.27 bits per heavy atom. The Morgan fingerprint density at radius 3 is 2.93 bits per heavy atom. The molecule has 0 bridgehead atoms. The maximum Gasteiger partial charge on any atom is 0.162 e. The third kappa shape index (κ3) is 3.68. The van der Waals surface area contributed by atoms with Crippen LogP contribution in [0.1, 0.15) is 29.3 Å². The van der Waals surface area contributed by atoms with Crippen LogP contribution in [0.3, 0.4) is 0 Å². The summed E-state index contributed by atoms with van der Waals surface area (Å²) in [5, 5.41) is 3.03. The van der Waals surface area contributed by atoms with Crippen LogP contribution in [0, 0.1) is 0 Å². The predicted molar refractivity (Wildman–Crippen MR) is 64.0 cm³/mol. The molecule has 2 nitrogen and oxygen atoms in total. The molecule has 0 aliphatic carbocycles.